The number of aromatic amines is 1. The molecule has 1 aromatic heterocycles. The van der Waals surface area contributed by atoms with Crippen LogP contribution in [0.1, 0.15) is 37.9 Å². The van der Waals surface area contributed by atoms with Crippen LogP contribution in [0.4, 0.5) is 11.4 Å². The van der Waals surface area contributed by atoms with Crippen molar-refractivity contribution in [1.82, 2.24) is 9.97 Å². The van der Waals surface area contributed by atoms with Crippen LogP contribution in [-0.4, -0.2) is 29.0 Å². The van der Waals surface area contributed by atoms with Crippen LogP contribution < -0.4 is 15.8 Å². The Balaban J connectivity index is 1.36. The van der Waals surface area contributed by atoms with Gasteiger partial charge in [0.25, 0.3) is 5.56 Å². The first-order valence-corrected chi connectivity index (χ1v) is 10.3. The highest BCUT2D eigenvalue weighted by molar-refractivity contribution is 5.94. The van der Waals surface area contributed by atoms with Gasteiger partial charge in [-0.2, -0.15) is 0 Å². The predicted octanol–water partition coefficient (Wildman–Crippen LogP) is 3.87. The number of nitrogens with one attached hydrogen (secondary N) is 2. The third-order valence-electron chi connectivity index (χ3n) is 5.35. The Bertz CT molecular complexity index is 1050. The summed E-state index contributed by atoms with van der Waals surface area (Å²) in [5, 5.41) is 3.65. The first-order valence-electron chi connectivity index (χ1n) is 10.3. The normalized spacial score (nSPS) is 14.1. The summed E-state index contributed by atoms with van der Waals surface area (Å²) in [5.74, 6) is 0.604. The summed E-state index contributed by atoms with van der Waals surface area (Å²) in [6.07, 6.45) is 5.22. The minimum atomic E-state index is -0.134. The van der Waals surface area contributed by atoms with Crippen LogP contribution in [0.15, 0.2) is 53.3 Å². The van der Waals surface area contributed by atoms with Crippen LogP contribution in [0.25, 0.3) is 10.9 Å². The van der Waals surface area contributed by atoms with E-state index in [0.717, 1.165) is 24.5 Å². The van der Waals surface area contributed by atoms with Gasteiger partial charge in [0.05, 0.1) is 22.3 Å². The van der Waals surface area contributed by atoms with Gasteiger partial charge >= 0.3 is 0 Å². The number of carbonyl (C=O) groups is 1. The molecule has 6 nitrogen and oxygen atoms in total. The Hall–Kier alpha value is -3.15. The monoisotopic (exact) mass is 390 g/mol. The zero-order valence-electron chi connectivity index (χ0n) is 16.5. The number of hydrogen-bond donors (Lipinski definition) is 2. The summed E-state index contributed by atoms with van der Waals surface area (Å²) < 4.78 is 0. The van der Waals surface area contributed by atoms with Crippen molar-refractivity contribution in [3.63, 3.8) is 0 Å². The van der Waals surface area contributed by atoms with Crippen molar-refractivity contribution in [3.05, 3.63) is 64.7 Å². The molecule has 2 aromatic carbocycles. The molecule has 3 aromatic rings. The quantitative estimate of drug-likeness (QED) is 0.670. The summed E-state index contributed by atoms with van der Waals surface area (Å²) in [6, 6.07) is 15.3. The number of benzene rings is 2. The molecule has 1 saturated heterocycles. The van der Waals surface area contributed by atoms with E-state index < -0.39 is 0 Å². The maximum atomic E-state index is 12.5. The predicted molar refractivity (Wildman–Crippen MR) is 116 cm³/mol. The summed E-state index contributed by atoms with van der Waals surface area (Å²) >= 11 is 0. The Morgan fingerprint density at radius 1 is 1.03 bits per heavy atom. The standard InChI is InChI=1S/C23H26N4O2/c28-22(25-19-11-4-5-12-20(19)27-15-6-1-7-16-27)14-8-13-21-24-18-10-3-2-9-17(18)23(29)26-21/h2-5,9-12H,1,6-8,13-16H2,(H,25,28)(H,24,26,29). The van der Waals surface area contributed by atoms with Crippen LogP contribution in [0.2, 0.25) is 0 Å². The fourth-order valence-electron chi connectivity index (χ4n) is 3.87. The molecule has 2 N–H and O–H groups in total. The Labute approximate surface area is 170 Å². The molecule has 1 aliphatic heterocycles. The maximum absolute atomic E-state index is 12.5. The molecule has 1 fully saturated rings. The van der Waals surface area contributed by atoms with Crippen molar-refractivity contribution in [1.29, 1.82) is 0 Å². The van der Waals surface area contributed by atoms with Gasteiger partial charge in [0.1, 0.15) is 5.82 Å². The van der Waals surface area contributed by atoms with E-state index in [2.05, 4.69) is 26.3 Å². The van der Waals surface area contributed by atoms with Gasteiger partial charge in [-0.1, -0.05) is 24.3 Å². The summed E-state index contributed by atoms with van der Waals surface area (Å²) in [4.78, 5) is 34.3. The molecular weight excluding hydrogens is 364 g/mol. The molecule has 0 saturated carbocycles. The Morgan fingerprint density at radius 2 is 1.79 bits per heavy atom. The summed E-state index contributed by atoms with van der Waals surface area (Å²) in [6.45, 7) is 2.07. The minimum Gasteiger partial charge on any atom is -0.370 e. The molecule has 0 bridgehead atoms. The second kappa shape index (κ2) is 8.90. The van der Waals surface area contributed by atoms with Gasteiger partial charge in [0, 0.05) is 25.9 Å². The lowest BCUT2D eigenvalue weighted by molar-refractivity contribution is -0.116. The Morgan fingerprint density at radius 3 is 2.66 bits per heavy atom. The van der Waals surface area contributed by atoms with Gasteiger partial charge in [0.15, 0.2) is 0 Å². The van der Waals surface area contributed by atoms with Crippen LogP contribution >= 0.6 is 0 Å². The Kier molecular flexibility index (Phi) is 5.89. The van der Waals surface area contributed by atoms with Crippen LogP contribution in [0.3, 0.4) is 0 Å². The SMILES string of the molecule is O=C(CCCc1nc2ccccc2c(=O)[nH]1)Nc1ccccc1N1CCCCC1. The van der Waals surface area contributed by atoms with Crippen molar-refractivity contribution in [2.24, 2.45) is 0 Å². The van der Waals surface area contributed by atoms with E-state index in [1.54, 1.807) is 6.07 Å². The second-order valence-electron chi connectivity index (χ2n) is 7.50. The van der Waals surface area contributed by atoms with Gasteiger partial charge in [0.2, 0.25) is 5.91 Å². The van der Waals surface area contributed by atoms with E-state index in [4.69, 9.17) is 0 Å². The van der Waals surface area contributed by atoms with E-state index in [9.17, 15) is 9.59 Å². The van der Waals surface area contributed by atoms with Gasteiger partial charge in [-0.25, -0.2) is 4.98 Å². The second-order valence-corrected chi connectivity index (χ2v) is 7.50. The number of anilines is 2. The van der Waals surface area contributed by atoms with E-state index >= 15 is 0 Å². The number of aromatic nitrogens is 2. The number of para-hydroxylation sites is 3. The molecule has 6 heteroatoms. The lowest BCUT2D eigenvalue weighted by Crippen LogP contribution is -2.30. The molecule has 1 aliphatic rings. The fourth-order valence-corrected chi connectivity index (χ4v) is 3.87. The summed E-state index contributed by atoms with van der Waals surface area (Å²) in [5.41, 5.74) is 2.52. The fraction of sp³-hybridized carbons (Fsp3) is 0.348. The zero-order chi connectivity index (χ0) is 20.1. The first-order chi connectivity index (χ1) is 14.2. The lowest BCUT2D eigenvalue weighted by atomic mass is 10.1. The highest BCUT2D eigenvalue weighted by atomic mass is 16.1. The van der Waals surface area contributed by atoms with Gasteiger partial charge < -0.3 is 15.2 Å². The molecule has 2 heterocycles. The van der Waals surface area contributed by atoms with E-state index in [-0.39, 0.29) is 11.5 Å². The number of carbonyl (C=O) groups excluding carboxylic acids is 1. The molecule has 0 atom stereocenters. The molecule has 29 heavy (non-hydrogen) atoms. The number of aryl methyl sites for hydroxylation is 1. The lowest BCUT2D eigenvalue weighted by Gasteiger charge is -2.30. The van der Waals surface area contributed by atoms with Gasteiger partial charge in [-0.15, -0.1) is 0 Å². The highest BCUT2D eigenvalue weighted by Crippen LogP contribution is 2.28. The first kappa shape index (κ1) is 19.2. The van der Waals surface area contributed by atoms with Crippen molar-refractivity contribution in [2.75, 3.05) is 23.3 Å². The molecular formula is C23H26N4O2. The third kappa shape index (κ3) is 4.65. The number of nitrogens with zero attached hydrogens (tertiary/aromatic N) is 2. The van der Waals surface area contributed by atoms with E-state index in [0.29, 0.717) is 36.0 Å². The largest absolute Gasteiger partial charge is 0.370 e. The van der Waals surface area contributed by atoms with Crippen molar-refractivity contribution < 1.29 is 4.79 Å². The van der Waals surface area contributed by atoms with E-state index in [1.807, 2.05) is 36.4 Å². The topological polar surface area (TPSA) is 78.1 Å². The number of rotatable bonds is 6. The van der Waals surface area contributed by atoms with Gasteiger partial charge in [-0.05, 0) is 49.9 Å². The average molecular weight is 390 g/mol. The number of piperidine rings is 1. The van der Waals surface area contributed by atoms with Crippen LogP contribution in [-0.2, 0) is 11.2 Å². The van der Waals surface area contributed by atoms with Crippen molar-refractivity contribution in [3.8, 4) is 0 Å². The highest BCUT2D eigenvalue weighted by Gasteiger charge is 2.15. The maximum Gasteiger partial charge on any atom is 0.258 e. The number of fused-ring (bicyclic) bond motifs is 1. The number of H-pyrrole nitrogens is 1. The molecule has 0 spiro atoms. The molecule has 0 unspecified atom stereocenters. The molecule has 150 valence electrons. The number of amides is 1. The molecule has 4 rings (SSSR count). The third-order valence-corrected chi connectivity index (χ3v) is 5.35. The van der Waals surface area contributed by atoms with Crippen LogP contribution in [0.5, 0.6) is 0 Å². The number of hydrogen-bond acceptors (Lipinski definition) is 4. The van der Waals surface area contributed by atoms with Crippen molar-refractivity contribution >= 4 is 28.2 Å². The van der Waals surface area contributed by atoms with Crippen molar-refractivity contribution in [2.45, 2.75) is 38.5 Å². The van der Waals surface area contributed by atoms with E-state index in [1.165, 1.54) is 19.3 Å². The summed E-state index contributed by atoms with van der Waals surface area (Å²) in [7, 11) is 0. The van der Waals surface area contributed by atoms with Gasteiger partial charge in [-0.3, -0.25) is 9.59 Å². The van der Waals surface area contributed by atoms with Crippen LogP contribution in [0, 0.1) is 0 Å². The smallest absolute Gasteiger partial charge is 0.258 e. The molecule has 0 aliphatic carbocycles. The average Bonchev–Trinajstić information content (AvgIpc) is 2.75. The molecule has 1 amide bonds. The molecule has 0 radical (unpaired) electrons. The minimum absolute atomic E-state index is 0.0161. The zero-order valence-corrected chi connectivity index (χ0v) is 16.5.